The number of hydrogen-bond acceptors (Lipinski definition) is 5. The Morgan fingerprint density at radius 1 is 1.30 bits per heavy atom. The molecule has 0 aliphatic carbocycles. The zero-order valence-corrected chi connectivity index (χ0v) is 12.4. The molecule has 104 valence electrons. The van der Waals surface area contributed by atoms with Gasteiger partial charge in [-0.25, -0.2) is 4.79 Å². The summed E-state index contributed by atoms with van der Waals surface area (Å²) in [5.41, 5.74) is 1.10. The monoisotopic (exact) mass is 291 g/mol. The summed E-state index contributed by atoms with van der Waals surface area (Å²) in [5, 5.41) is 12.4. The number of nitrogens with zero attached hydrogens (tertiary/aromatic N) is 2. The molecule has 0 spiro atoms. The number of benzene rings is 1. The zero-order chi connectivity index (χ0) is 15.1. The van der Waals surface area contributed by atoms with Crippen LogP contribution in [0.3, 0.4) is 0 Å². The predicted octanol–water partition coefficient (Wildman–Crippen LogP) is 1.54. The number of nitriles is 1. The average molecular weight is 291 g/mol. The average Bonchev–Trinajstić information content (AvgIpc) is 2.42. The highest BCUT2D eigenvalue weighted by atomic mass is 32.2. The summed E-state index contributed by atoms with van der Waals surface area (Å²) in [6.45, 7) is 1.23. The molecule has 0 saturated heterocycles. The molecule has 20 heavy (non-hydrogen) atoms. The number of hydrogen-bond donors (Lipinski definition) is 0. The van der Waals surface area contributed by atoms with Gasteiger partial charge in [-0.15, -0.1) is 0 Å². The molecule has 0 heterocycles. The van der Waals surface area contributed by atoms with E-state index in [1.807, 2.05) is 18.6 Å². The molecule has 1 rings (SSSR count). The summed E-state index contributed by atoms with van der Waals surface area (Å²) in [6, 6.07) is 8.24. The lowest BCUT2D eigenvalue weighted by Crippen LogP contribution is -2.24. The number of Topliss-reactive ketones (excluding diaryl/α,β-unsaturated/α-hetero) is 1. The summed E-state index contributed by atoms with van der Waals surface area (Å²) >= 11 is 0. The summed E-state index contributed by atoms with van der Waals surface area (Å²) in [5.74, 6) is -0.425. The first-order valence-electron chi connectivity index (χ1n) is 5.77. The van der Waals surface area contributed by atoms with Crippen molar-refractivity contribution in [2.24, 2.45) is 5.16 Å². The number of oxime groups is 1. The van der Waals surface area contributed by atoms with Crippen LogP contribution in [0.1, 0.15) is 22.8 Å². The smallest absolute Gasteiger partial charge is 0.318 e. The van der Waals surface area contributed by atoms with E-state index in [2.05, 4.69) is 9.99 Å². The van der Waals surface area contributed by atoms with Crippen molar-refractivity contribution < 1.29 is 14.4 Å². The van der Waals surface area contributed by atoms with E-state index >= 15 is 0 Å². The molecule has 0 amide bonds. The van der Waals surface area contributed by atoms with Crippen LogP contribution in [-0.2, 0) is 20.5 Å². The third-order valence-corrected chi connectivity index (χ3v) is 3.10. The first-order valence-corrected chi connectivity index (χ1v) is 7.98. The number of rotatable bonds is 5. The van der Waals surface area contributed by atoms with Crippen molar-refractivity contribution in [2.45, 2.75) is 6.92 Å². The zero-order valence-electron chi connectivity index (χ0n) is 11.5. The van der Waals surface area contributed by atoms with Crippen LogP contribution in [0.15, 0.2) is 29.4 Å². The van der Waals surface area contributed by atoms with Crippen LogP contribution in [0.5, 0.6) is 0 Å². The summed E-state index contributed by atoms with van der Waals surface area (Å²) in [6.07, 6.45) is 3.94. The highest BCUT2D eigenvalue weighted by molar-refractivity contribution is 7.96. The van der Waals surface area contributed by atoms with E-state index in [4.69, 9.17) is 5.26 Å². The van der Waals surface area contributed by atoms with Crippen LogP contribution in [0.25, 0.3) is 0 Å². The summed E-state index contributed by atoms with van der Waals surface area (Å²) in [4.78, 5) is 27.7. The van der Waals surface area contributed by atoms with Crippen molar-refractivity contribution >= 4 is 28.4 Å². The summed E-state index contributed by atoms with van der Waals surface area (Å²) < 4.78 is 0. The Labute approximate surface area is 120 Å². The van der Waals surface area contributed by atoms with Gasteiger partial charge in [0.25, 0.3) is 0 Å². The molecule has 0 radical (unpaired) electrons. The molecule has 0 aliphatic rings. The van der Waals surface area contributed by atoms with Gasteiger partial charge < -0.3 is 4.84 Å². The van der Waals surface area contributed by atoms with Gasteiger partial charge in [-0.05, 0) is 35.2 Å². The molecule has 1 aromatic carbocycles. The molecular formula is C14H15N2O3S+. The lowest BCUT2D eigenvalue weighted by molar-refractivity contribution is -0.140. The van der Waals surface area contributed by atoms with Crippen molar-refractivity contribution in [1.29, 1.82) is 5.26 Å². The van der Waals surface area contributed by atoms with E-state index in [1.165, 1.54) is 6.92 Å². The fourth-order valence-corrected chi connectivity index (χ4v) is 2.12. The topological polar surface area (TPSA) is 79.5 Å². The molecule has 0 saturated carbocycles. The Morgan fingerprint density at radius 2 is 1.90 bits per heavy atom. The van der Waals surface area contributed by atoms with Crippen LogP contribution < -0.4 is 0 Å². The van der Waals surface area contributed by atoms with Gasteiger partial charge in [0.2, 0.25) is 5.78 Å². The molecule has 0 fully saturated rings. The lowest BCUT2D eigenvalue weighted by atomic mass is 10.1. The summed E-state index contributed by atoms with van der Waals surface area (Å²) in [7, 11) is -0.0560. The van der Waals surface area contributed by atoms with E-state index in [0.29, 0.717) is 16.9 Å². The molecule has 0 aliphatic heterocycles. The van der Waals surface area contributed by atoms with Gasteiger partial charge >= 0.3 is 5.97 Å². The molecule has 0 N–H and O–H groups in total. The Balaban J connectivity index is 2.99. The maximum atomic E-state index is 12.3. The van der Waals surface area contributed by atoms with Gasteiger partial charge in [-0.2, -0.15) is 5.26 Å². The maximum Gasteiger partial charge on any atom is 0.331 e. The predicted molar refractivity (Wildman–Crippen MR) is 78.8 cm³/mol. The Kier molecular flexibility index (Phi) is 5.94. The minimum absolute atomic E-state index is 0.0560. The molecule has 5 nitrogen and oxygen atoms in total. The molecule has 1 aromatic rings. The fraction of sp³-hybridized carbons (Fsp3) is 0.286. The molecular weight excluding hydrogens is 276 g/mol. The van der Waals surface area contributed by atoms with Gasteiger partial charge in [-0.3, -0.25) is 4.79 Å². The molecule has 0 unspecified atom stereocenters. The highest BCUT2D eigenvalue weighted by Gasteiger charge is 2.21. The minimum Gasteiger partial charge on any atom is -0.318 e. The van der Waals surface area contributed by atoms with Gasteiger partial charge in [0.05, 0.1) is 24.1 Å². The largest absolute Gasteiger partial charge is 0.331 e. The second-order valence-corrected chi connectivity index (χ2v) is 6.53. The fourth-order valence-electron chi connectivity index (χ4n) is 1.39. The normalized spacial score (nSPS) is 11.1. The van der Waals surface area contributed by atoms with E-state index in [9.17, 15) is 9.59 Å². The quantitative estimate of drug-likeness (QED) is 0.271. The van der Waals surface area contributed by atoms with Gasteiger partial charge in [0, 0.05) is 12.5 Å². The third-order valence-electron chi connectivity index (χ3n) is 2.25. The van der Waals surface area contributed by atoms with Crippen LogP contribution in [0, 0.1) is 11.3 Å². The van der Waals surface area contributed by atoms with E-state index < -0.39 is 5.97 Å². The molecule has 6 heteroatoms. The Bertz CT molecular complexity index is 571. The van der Waals surface area contributed by atoms with Crippen molar-refractivity contribution in [1.82, 2.24) is 0 Å². The van der Waals surface area contributed by atoms with Crippen LogP contribution in [0.4, 0.5) is 0 Å². The van der Waals surface area contributed by atoms with Crippen LogP contribution >= 0.6 is 0 Å². The van der Waals surface area contributed by atoms with Crippen LogP contribution in [-0.4, -0.2) is 35.7 Å². The van der Waals surface area contributed by atoms with Crippen molar-refractivity contribution in [3.05, 3.63) is 35.4 Å². The van der Waals surface area contributed by atoms with Crippen molar-refractivity contribution in [2.75, 3.05) is 18.3 Å². The number of carbonyl (C=O) groups is 2. The van der Waals surface area contributed by atoms with Gasteiger partial charge in [-0.1, -0.05) is 5.16 Å². The molecule has 0 atom stereocenters. The molecule has 0 aromatic heterocycles. The Hall–Kier alpha value is -2.13. The number of carbonyl (C=O) groups excluding carboxylic acids is 2. The second-order valence-electron chi connectivity index (χ2n) is 4.27. The van der Waals surface area contributed by atoms with Crippen molar-refractivity contribution in [3.63, 3.8) is 0 Å². The van der Waals surface area contributed by atoms with E-state index in [0.717, 1.165) is 0 Å². The lowest BCUT2D eigenvalue weighted by Gasteiger charge is -2.03. The minimum atomic E-state index is -0.567. The number of ketones is 1. The van der Waals surface area contributed by atoms with Crippen LogP contribution in [0.2, 0.25) is 0 Å². The first-order chi connectivity index (χ1) is 9.43. The van der Waals surface area contributed by atoms with Crippen molar-refractivity contribution in [3.8, 4) is 6.07 Å². The SMILES string of the molecule is CC(=O)ON=C(C[S+](C)C)C(=O)c1ccc(C#N)cc1. The standard InChI is InChI=1S/C14H15N2O3S/c1-10(17)19-16-13(9-20(2)3)14(18)12-6-4-11(8-15)5-7-12/h4-7H,9H2,1-3H3/q+1. The third kappa shape index (κ3) is 4.86. The Morgan fingerprint density at radius 3 is 2.35 bits per heavy atom. The second kappa shape index (κ2) is 7.46. The first kappa shape index (κ1) is 15.9. The highest BCUT2D eigenvalue weighted by Crippen LogP contribution is 2.07. The van der Waals surface area contributed by atoms with E-state index in [-0.39, 0.29) is 22.4 Å². The molecule has 0 bridgehead atoms. The van der Waals surface area contributed by atoms with E-state index in [1.54, 1.807) is 24.3 Å². The van der Waals surface area contributed by atoms with Gasteiger partial charge in [0.15, 0.2) is 11.5 Å². The van der Waals surface area contributed by atoms with Gasteiger partial charge in [0.1, 0.15) is 0 Å². The maximum absolute atomic E-state index is 12.3.